The molecule has 1 aliphatic carbocycles. The number of hydrogen-bond acceptors (Lipinski definition) is 3. The molecule has 1 aliphatic heterocycles. The molecule has 4 rings (SSSR count). The summed E-state index contributed by atoms with van der Waals surface area (Å²) in [5.74, 6) is -1.96. The highest BCUT2D eigenvalue weighted by Crippen LogP contribution is 2.39. The lowest BCUT2D eigenvalue weighted by Gasteiger charge is -2.40. The van der Waals surface area contributed by atoms with Crippen molar-refractivity contribution in [3.63, 3.8) is 0 Å². The molecule has 0 bridgehead atoms. The second kappa shape index (κ2) is 7.67. The molecule has 2 aromatic rings. The fourth-order valence-electron chi connectivity index (χ4n) is 3.62. The van der Waals surface area contributed by atoms with Crippen molar-refractivity contribution < 1.29 is 23.1 Å². The van der Waals surface area contributed by atoms with Crippen molar-refractivity contribution in [2.24, 2.45) is 0 Å². The molecule has 1 heterocycles. The summed E-state index contributed by atoms with van der Waals surface area (Å²) in [6.45, 7) is -0.196. The first-order valence-electron chi connectivity index (χ1n) is 9.23. The summed E-state index contributed by atoms with van der Waals surface area (Å²) in [7, 11) is 0. The lowest BCUT2D eigenvalue weighted by atomic mass is 9.96. The highest BCUT2D eigenvalue weighted by molar-refractivity contribution is 5.86. The molecule has 2 atom stereocenters. The SMILES string of the molecule is O=C(NCc1cc(F)cc(F)c1)[C@@H]1OCC(=O)N(C2CC2)[C@H]1c1ccccc1. The third-order valence-electron chi connectivity index (χ3n) is 4.99. The topological polar surface area (TPSA) is 58.6 Å². The molecular weight excluding hydrogens is 366 g/mol. The zero-order valence-corrected chi connectivity index (χ0v) is 15.1. The van der Waals surface area contributed by atoms with Gasteiger partial charge in [-0.15, -0.1) is 0 Å². The quantitative estimate of drug-likeness (QED) is 0.860. The van der Waals surface area contributed by atoms with Crippen LogP contribution in [0.25, 0.3) is 0 Å². The molecule has 0 unspecified atom stereocenters. The molecule has 28 heavy (non-hydrogen) atoms. The van der Waals surface area contributed by atoms with Crippen molar-refractivity contribution >= 4 is 11.8 Å². The molecule has 146 valence electrons. The lowest BCUT2D eigenvalue weighted by molar-refractivity contribution is -0.165. The highest BCUT2D eigenvalue weighted by atomic mass is 19.1. The van der Waals surface area contributed by atoms with Gasteiger partial charge in [0.1, 0.15) is 18.2 Å². The van der Waals surface area contributed by atoms with Gasteiger partial charge < -0.3 is 15.0 Å². The van der Waals surface area contributed by atoms with E-state index in [0.29, 0.717) is 5.56 Å². The van der Waals surface area contributed by atoms with E-state index in [1.165, 1.54) is 12.1 Å². The molecule has 5 nitrogen and oxygen atoms in total. The van der Waals surface area contributed by atoms with E-state index in [0.717, 1.165) is 24.5 Å². The van der Waals surface area contributed by atoms with Crippen LogP contribution in [-0.4, -0.2) is 35.5 Å². The first-order valence-corrected chi connectivity index (χ1v) is 9.23. The van der Waals surface area contributed by atoms with E-state index >= 15 is 0 Å². The van der Waals surface area contributed by atoms with Gasteiger partial charge in [-0.2, -0.15) is 0 Å². The van der Waals surface area contributed by atoms with E-state index in [1.54, 1.807) is 4.90 Å². The zero-order valence-electron chi connectivity index (χ0n) is 15.1. The molecule has 2 aromatic carbocycles. The Morgan fingerprint density at radius 2 is 1.79 bits per heavy atom. The molecule has 2 fully saturated rings. The maximum Gasteiger partial charge on any atom is 0.251 e. The molecule has 0 spiro atoms. The van der Waals surface area contributed by atoms with Gasteiger partial charge in [0, 0.05) is 18.7 Å². The summed E-state index contributed by atoms with van der Waals surface area (Å²) in [6, 6.07) is 12.0. The van der Waals surface area contributed by atoms with Gasteiger partial charge in [0.25, 0.3) is 5.91 Å². The minimum absolute atomic E-state index is 0.0355. The Morgan fingerprint density at radius 1 is 1.11 bits per heavy atom. The van der Waals surface area contributed by atoms with Crippen molar-refractivity contribution in [3.8, 4) is 0 Å². The predicted molar refractivity (Wildman–Crippen MR) is 97.0 cm³/mol. The summed E-state index contributed by atoms with van der Waals surface area (Å²) in [5.41, 5.74) is 1.13. The number of rotatable bonds is 5. The average Bonchev–Trinajstić information content (AvgIpc) is 3.51. The fourth-order valence-corrected chi connectivity index (χ4v) is 3.62. The summed E-state index contributed by atoms with van der Waals surface area (Å²) < 4.78 is 32.3. The van der Waals surface area contributed by atoms with Crippen molar-refractivity contribution in [2.75, 3.05) is 6.61 Å². The minimum atomic E-state index is -0.890. The second-order valence-corrected chi connectivity index (χ2v) is 7.11. The molecular formula is C21H20F2N2O3. The number of benzene rings is 2. The van der Waals surface area contributed by atoms with Gasteiger partial charge in [-0.3, -0.25) is 9.59 Å². The first kappa shape index (κ1) is 18.6. The van der Waals surface area contributed by atoms with Crippen LogP contribution in [0.3, 0.4) is 0 Å². The minimum Gasteiger partial charge on any atom is -0.356 e. The number of morpholine rings is 1. The standard InChI is InChI=1S/C21H20F2N2O3/c22-15-8-13(9-16(23)10-15)11-24-21(27)20-19(14-4-2-1-3-5-14)25(17-6-7-17)18(26)12-28-20/h1-5,8-10,17,19-20H,6-7,11-12H2,(H,24,27)/t19-,20+/m0/s1. The Kier molecular flexibility index (Phi) is 5.09. The molecule has 1 N–H and O–H groups in total. The molecule has 1 saturated carbocycles. The van der Waals surface area contributed by atoms with Crippen molar-refractivity contribution in [1.29, 1.82) is 0 Å². The number of hydrogen-bond donors (Lipinski definition) is 1. The van der Waals surface area contributed by atoms with Crippen LogP contribution in [0.1, 0.15) is 30.0 Å². The van der Waals surface area contributed by atoms with Crippen LogP contribution in [0.2, 0.25) is 0 Å². The maximum absolute atomic E-state index is 13.4. The van der Waals surface area contributed by atoms with Crippen molar-refractivity contribution in [3.05, 3.63) is 71.3 Å². The number of nitrogens with zero attached hydrogens (tertiary/aromatic N) is 1. The predicted octanol–water partition coefficient (Wildman–Crippen LogP) is 2.71. The molecule has 1 saturated heterocycles. The van der Waals surface area contributed by atoms with Crippen molar-refractivity contribution in [1.82, 2.24) is 10.2 Å². The van der Waals surface area contributed by atoms with Crippen LogP contribution in [0.5, 0.6) is 0 Å². The normalized spacial score (nSPS) is 22.2. The average molecular weight is 386 g/mol. The molecule has 2 aliphatic rings. The molecule has 2 amide bonds. The summed E-state index contributed by atoms with van der Waals surface area (Å²) in [4.78, 5) is 27.1. The number of carbonyl (C=O) groups is 2. The van der Waals surface area contributed by atoms with Gasteiger partial charge in [0.15, 0.2) is 6.10 Å². The van der Waals surface area contributed by atoms with Crippen LogP contribution >= 0.6 is 0 Å². The third-order valence-corrected chi connectivity index (χ3v) is 4.99. The Morgan fingerprint density at radius 3 is 2.43 bits per heavy atom. The van der Waals surface area contributed by atoms with Gasteiger partial charge in [-0.25, -0.2) is 8.78 Å². The monoisotopic (exact) mass is 386 g/mol. The van der Waals surface area contributed by atoms with Crippen LogP contribution in [0.4, 0.5) is 8.78 Å². The molecule has 7 heteroatoms. The number of amides is 2. The van der Waals surface area contributed by atoms with Gasteiger partial charge in [-0.1, -0.05) is 30.3 Å². The second-order valence-electron chi connectivity index (χ2n) is 7.11. The van der Waals surface area contributed by atoms with Crippen LogP contribution in [0, 0.1) is 11.6 Å². The van der Waals surface area contributed by atoms with E-state index in [9.17, 15) is 18.4 Å². The summed E-state index contributed by atoms with van der Waals surface area (Å²) >= 11 is 0. The fraction of sp³-hybridized carbons (Fsp3) is 0.333. The summed E-state index contributed by atoms with van der Waals surface area (Å²) in [5, 5.41) is 2.68. The van der Waals surface area contributed by atoms with E-state index in [1.807, 2.05) is 30.3 Å². The maximum atomic E-state index is 13.4. The number of halogens is 2. The zero-order chi connectivity index (χ0) is 19.7. The van der Waals surface area contributed by atoms with Crippen molar-refractivity contribution in [2.45, 2.75) is 37.6 Å². The van der Waals surface area contributed by atoms with Crippen LogP contribution in [-0.2, 0) is 20.9 Å². The van der Waals surface area contributed by atoms with Crippen LogP contribution in [0.15, 0.2) is 48.5 Å². The van der Waals surface area contributed by atoms with Gasteiger partial charge in [0.2, 0.25) is 5.91 Å². The Labute approximate surface area is 161 Å². The number of ether oxygens (including phenoxy) is 1. The van der Waals surface area contributed by atoms with E-state index in [2.05, 4.69) is 5.32 Å². The molecule has 0 aromatic heterocycles. The highest BCUT2D eigenvalue weighted by Gasteiger charge is 2.47. The first-order chi connectivity index (χ1) is 13.5. The van der Waals surface area contributed by atoms with Gasteiger partial charge >= 0.3 is 0 Å². The smallest absolute Gasteiger partial charge is 0.251 e. The summed E-state index contributed by atoms with van der Waals surface area (Å²) in [6.07, 6.45) is 0.928. The van der Waals surface area contributed by atoms with Gasteiger partial charge in [-0.05, 0) is 36.1 Å². The Hall–Kier alpha value is -2.80. The Bertz CT molecular complexity index is 866. The number of carbonyl (C=O) groups excluding carboxylic acids is 2. The molecule has 0 radical (unpaired) electrons. The van der Waals surface area contributed by atoms with E-state index in [4.69, 9.17) is 4.74 Å². The Balaban J connectivity index is 1.55. The van der Waals surface area contributed by atoms with Gasteiger partial charge in [0.05, 0.1) is 6.04 Å². The van der Waals surface area contributed by atoms with E-state index in [-0.39, 0.29) is 25.1 Å². The van der Waals surface area contributed by atoms with E-state index < -0.39 is 29.7 Å². The largest absolute Gasteiger partial charge is 0.356 e. The third kappa shape index (κ3) is 3.89. The van der Waals surface area contributed by atoms with Crippen LogP contribution < -0.4 is 5.32 Å². The number of nitrogens with one attached hydrogen (secondary N) is 1. The lowest BCUT2D eigenvalue weighted by Crippen LogP contribution is -2.55.